The van der Waals surface area contributed by atoms with Crippen molar-refractivity contribution in [2.24, 2.45) is 5.73 Å². The van der Waals surface area contributed by atoms with E-state index in [0.717, 1.165) is 42.7 Å². The Morgan fingerprint density at radius 3 is 2.55 bits per heavy atom. The van der Waals surface area contributed by atoms with E-state index in [4.69, 9.17) is 10.5 Å². The molecule has 2 N–H and O–H groups in total. The summed E-state index contributed by atoms with van der Waals surface area (Å²) in [6.45, 7) is 7.25. The summed E-state index contributed by atoms with van der Waals surface area (Å²) in [4.78, 5) is 2.43. The lowest BCUT2D eigenvalue weighted by Crippen LogP contribution is -2.49. The van der Waals surface area contributed by atoms with Crippen molar-refractivity contribution >= 4 is 28.3 Å². The molecule has 114 valence electrons. The monoisotopic (exact) mass is 362 g/mol. The average molecular weight is 364 g/mol. The maximum Gasteiger partial charge on any atom is 0.120 e. The Morgan fingerprint density at radius 2 is 2.00 bits per heavy atom. The summed E-state index contributed by atoms with van der Waals surface area (Å²) in [7, 11) is 0. The molecule has 1 fully saturated rings. The third kappa shape index (κ3) is 6.00. The molecule has 1 saturated heterocycles. The van der Waals surface area contributed by atoms with E-state index in [2.05, 4.69) is 34.7 Å². The highest BCUT2D eigenvalue weighted by Crippen LogP contribution is 2.22. The zero-order chi connectivity index (χ0) is 13.9. The lowest BCUT2D eigenvalue weighted by molar-refractivity contribution is 0.0903. The van der Waals surface area contributed by atoms with Gasteiger partial charge >= 0.3 is 0 Å². The first kappa shape index (κ1) is 17.8. The van der Waals surface area contributed by atoms with Crippen LogP contribution in [0.3, 0.4) is 0 Å². The van der Waals surface area contributed by atoms with Crippen molar-refractivity contribution < 1.29 is 4.74 Å². The quantitative estimate of drug-likeness (QED) is 0.890. The number of benzene rings is 1. The minimum atomic E-state index is -0.113. The number of piperidine rings is 1. The molecule has 3 nitrogen and oxygen atoms in total. The normalized spacial score (nSPS) is 17.6. The van der Waals surface area contributed by atoms with Gasteiger partial charge in [0, 0.05) is 29.6 Å². The van der Waals surface area contributed by atoms with Gasteiger partial charge in [-0.3, -0.25) is 0 Å². The Balaban J connectivity index is 0.00000200. The van der Waals surface area contributed by atoms with E-state index < -0.39 is 0 Å². The van der Waals surface area contributed by atoms with Crippen molar-refractivity contribution in [1.29, 1.82) is 0 Å². The van der Waals surface area contributed by atoms with Crippen LogP contribution in [0, 0.1) is 0 Å². The summed E-state index contributed by atoms with van der Waals surface area (Å²) >= 11 is 3.47. The van der Waals surface area contributed by atoms with Crippen molar-refractivity contribution in [3.05, 3.63) is 28.7 Å². The van der Waals surface area contributed by atoms with Gasteiger partial charge in [0.05, 0.1) is 0 Å². The van der Waals surface area contributed by atoms with Gasteiger partial charge in [-0.2, -0.15) is 0 Å². The number of hydrogen-bond donors (Lipinski definition) is 1. The molecule has 0 saturated carbocycles. The summed E-state index contributed by atoms with van der Waals surface area (Å²) in [5.74, 6) is 0.951. The van der Waals surface area contributed by atoms with Crippen LogP contribution in [0.4, 0.5) is 0 Å². The predicted octanol–water partition coefficient (Wildman–Crippen LogP) is 3.45. The van der Waals surface area contributed by atoms with E-state index in [1.54, 1.807) is 0 Å². The number of nitrogens with zero attached hydrogens (tertiary/aromatic N) is 1. The van der Waals surface area contributed by atoms with Crippen LogP contribution < -0.4 is 10.5 Å². The molecule has 0 aromatic heterocycles. The zero-order valence-corrected chi connectivity index (χ0v) is 14.5. The molecule has 1 aromatic rings. The number of hydrogen-bond acceptors (Lipinski definition) is 3. The lowest BCUT2D eigenvalue weighted by Gasteiger charge is -2.35. The molecule has 1 heterocycles. The highest BCUT2D eigenvalue weighted by Gasteiger charge is 2.24. The number of ether oxygens (including phenoxy) is 1. The second kappa shape index (κ2) is 7.64. The first-order chi connectivity index (χ1) is 8.92. The molecule has 1 aliphatic heterocycles. The molecule has 0 amide bonds. The fourth-order valence-corrected chi connectivity index (χ4v) is 2.87. The Bertz CT molecular complexity index is 415. The van der Waals surface area contributed by atoms with Gasteiger partial charge in [0.25, 0.3) is 0 Å². The average Bonchev–Trinajstić information content (AvgIpc) is 2.30. The van der Waals surface area contributed by atoms with Gasteiger partial charge in [-0.1, -0.05) is 22.0 Å². The minimum absolute atomic E-state index is 0. The first-order valence-corrected chi connectivity index (χ1v) is 7.65. The van der Waals surface area contributed by atoms with Crippen molar-refractivity contribution in [1.82, 2.24) is 4.90 Å². The first-order valence-electron chi connectivity index (χ1n) is 6.86. The number of likely N-dealkylation sites (tertiary alicyclic amines) is 1. The van der Waals surface area contributed by atoms with Crippen LogP contribution in [0.1, 0.15) is 26.7 Å². The highest BCUT2D eigenvalue weighted by molar-refractivity contribution is 9.10. The van der Waals surface area contributed by atoms with Crippen LogP contribution in [-0.4, -0.2) is 36.2 Å². The molecule has 0 aliphatic carbocycles. The van der Waals surface area contributed by atoms with Crippen molar-refractivity contribution in [2.75, 3.05) is 19.6 Å². The summed E-state index contributed by atoms with van der Waals surface area (Å²) in [6, 6.07) is 8.06. The molecule has 0 spiro atoms. The van der Waals surface area contributed by atoms with E-state index in [1.165, 1.54) is 0 Å². The number of halogens is 2. The molecule has 0 atom stereocenters. The Kier molecular flexibility index (Phi) is 6.79. The molecular weight excluding hydrogens is 340 g/mol. The maximum atomic E-state index is 6.06. The molecule has 0 radical (unpaired) electrons. The highest BCUT2D eigenvalue weighted by atomic mass is 79.9. The predicted molar refractivity (Wildman–Crippen MR) is 89.7 cm³/mol. The SMILES string of the molecule is CC(C)(N)CN1CCC(Oc2cccc(Br)c2)CC1.Cl. The Morgan fingerprint density at radius 1 is 1.35 bits per heavy atom. The van der Waals surface area contributed by atoms with Crippen LogP contribution in [0.15, 0.2) is 28.7 Å². The minimum Gasteiger partial charge on any atom is -0.490 e. The standard InChI is InChI=1S/C15H23BrN2O.ClH/c1-15(2,17)11-18-8-6-13(7-9-18)19-14-5-3-4-12(16)10-14;/h3-5,10,13H,6-9,11,17H2,1-2H3;1H. The molecule has 2 rings (SSSR count). The van der Waals surface area contributed by atoms with Crippen LogP contribution in [-0.2, 0) is 0 Å². The molecular formula is C15H24BrClN2O. The van der Waals surface area contributed by atoms with E-state index in [1.807, 2.05) is 24.3 Å². The topological polar surface area (TPSA) is 38.5 Å². The second-order valence-electron chi connectivity index (χ2n) is 6.04. The third-order valence-corrected chi connectivity index (χ3v) is 3.76. The van der Waals surface area contributed by atoms with E-state index in [9.17, 15) is 0 Å². The van der Waals surface area contributed by atoms with Crippen LogP contribution in [0.2, 0.25) is 0 Å². The molecule has 1 aromatic carbocycles. The third-order valence-electron chi connectivity index (χ3n) is 3.26. The largest absolute Gasteiger partial charge is 0.490 e. The molecule has 20 heavy (non-hydrogen) atoms. The summed E-state index contributed by atoms with van der Waals surface area (Å²) in [5.41, 5.74) is 5.95. The fraction of sp³-hybridized carbons (Fsp3) is 0.600. The van der Waals surface area contributed by atoms with Gasteiger partial charge < -0.3 is 15.4 Å². The van der Waals surface area contributed by atoms with E-state index >= 15 is 0 Å². The van der Waals surface area contributed by atoms with Crippen molar-refractivity contribution in [2.45, 2.75) is 38.3 Å². The molecule has 0 unspecified atom stereocenters. The fourth-order valence-electron chi connectivity index (χ4n) is 2.49. The van der Waals surface area contributed by atoms with Gasteiger partial charge in [-0.05, 0) is 44.9 Å². The zero-order valence-electron chi connectivity index (χ0n) is 12.1. The second-order valence-corrected chi connectivity index (χ2v) is 6.95. The van der Waals surface area contributed by atoms with Crippen molar-refractivity contribution in [3.8, 4) is 5.75 Å². The van der Waals surface area contributed by atoms with Crippen LogP contribution >= 0.6 is 28.3 Å². The van der Waals surface area contributed by atoms with Crippen LogP contribution in [0.5, 0.6) is 5.75 Å². The summed E-state index contributed by atoms with van der Waals surface area (Å²) < 4.78 is 7.09. The van der Waals surface area contributed by atoms with E-state index in [-0.39, 0.29) is 17.9 Å². The summed E-state index contributed by atoms with van der Waals surface area (Å²) in [5, 5.41) is 0. The Hall–Kier alpha value is -0.290. The summed E-state index contributed by atoms with van der Waals surface area (Å²) in [6.07, 6.45) is 2.47. The molecule has 5 heteroatoms. The van der Waals surface area contributed by atoms with Gasteiger partial charge in [0.2, 0.25) is 0 Å². The van der Waals surface area contributed by atoms with E-state index in [0.29, 0.717) is 6.10 Å². The maximum absolute atomic E-state index is 6.06. The Labute approximate surface area is 136 Å². The smallest absolute Gasteiger partial charge is 0.120 e. The van der Waals surface area contributed by atoms with Gasteiger partial charge in [0.15, 0.2) is 0 Å². The van der Waals surface area contributed by atoms with Gasteiger partial charge in [-0.25, -0.2) is 0 Å². The number of nitrogens with two attached hydrogens (primary N) is 1. The van der Waals surface area contributed by atoms with Crippen LogP contribution in [0.25, 0.3) is 0 Å². The molecule has 1 aliphatic rings. The van der Waals surface area contributed by atoms with Gasteiger partial charge in [0.1, 0.15) is 11.9 Å². The number of rotatable bonds is 4. The molecule has 0 bridgehead atoms. The lowest BCUT2D eigenvalue weighted by atomic mass is 10.0. The van der Waals surface area contributed by atoms with Crippen molar-refractivity contribution in [3.63, 3.8) is 0 Å². The van der Waals surface area contributed by atoms with Gasteiger partial charge in [-0.15, -0.1) is 12.4 Å².